The maximum Gasteiger partial charge on any atom is 0.352 e. The van der Waals surface area contributed by atoms with Crippen LogP contribution in [0.4, 0.5) is 0 Å². The van der Waals surface area contributed by atoms with E-state index >= 15 is 0 Å². The van der Waals surface area contributed by atoms with Crippen LogP contribution < -0.4 is 0 Å². The molecule has 1 aromatic rings. The van der Waals surface area contributed by atoms with E-state index in [1.807, 2.05) is 0 Å². The first kappa shape index (κ1) is 14.2. The van der Waals surface area contributed by atoms with Gasteiger partial charge in [-0.25, -0.2) is 4.79 Å². The first-order chi connectivity index (χ1) is 8.15. The molecule has 0 aliphatic carbocycles. The molecule has 96 valence electrons. The molecule has 5 nitrogen and oxygen atoms in total. The lowest BCUT2D eigenvalue weighted by atomic mass is 10.4. The molecule has 1 N–H and O–H groups in total. The van der Waals surface area contributed by atoms with Crippen LogP contribution in [0.15, 0.2) is 16.7 Å². The number of carbonyl (C=O) groups is 1. The van der Waals surface area contributed by atoms with Gasteiger partial charge in [0.2, 0.25) is 0 Å². The number of carboxylic acid groups (broad SMARTS) is 1. The van der Waals surface area contributed by atoms with Crippen molar-refractivity contribution in [3.63, 3.8) is 0 Å². The summed E-state index contributed by atoms with van der Waals surface area (Å²) < 4.78 is 12.6. The number of hydrogen-bond acceptors (Lipinski definition) is 3. The highest BCUT2D eigenvalue weighted by Crippen LogP contribution is 2.15. The topological polar surface area (TPSA) is 60.7 Å². The van der Waals surface area contributed by atoms with Gasteiger partial charge in [0, 0.05) is 30.9 Å². The number of ether oxygens (including phenoxy) is 2. The Labute approximate surface area is 108 Å². The summed E-state index contributed by atoms with van der Waals surface area (Å²) in [5, 5.41) is 8.96. The molecule has 1 heterocycles. The summed E-state index contributed by atoms with van der Waals surface area (Å²) in [4.78, 5) is 10.9. The van der Waals surface area contributed by atoms with Crippen molar-refractivity contribution in [1.82, 2.24) is 4.57 Å². The lowest BCUT2D eigenvalue weighted by Gasteiger charge is -2.06. The molecular weight excluding hydrogens is 290 g/mol. The van der Waals surface area contributed by atoms with E-state index in [0.717, 1.165) is 10.9 Å². The molecule has 0 spiro atoms. The van der Waals surface area contributed by atoms with Gasteiger partial charge in [-0.15, -0.1) is 0 Å². The van der Waals surface area contributed by atoms with Crippen molar-refractivity contribution in [2.75, 3.05) is 26.9 Å². The minimum absolute atomic E-state index is 0.286. The van der Waals surface area contributed by atoms with Gasteiger partial charge < -0.3 is 19.1 Å². The number of halogens is 1. The number of nitrogens with zero attached hydrogens (tertiary/aromatic N) is 1. The zero-order valence-electron chi connectivity index (χ0n) is 9.69. The fraction of sp³-hybridized carbons (Fsp3) is 0.545. The molecule has 0 aliphatic rings. The van der Waals surface area contributed by atoms with Gasteiger partial charge in [-0.05, 0) is 28.4 Å². The average molecular weight is 306 g/mol. The van der Waals surface area contributed by atoms with Gasteiger partial charge in [0.1, 0.15) is 5.69 Å². The van der Waals surface area contributed by atoms with Crippen LogP contribution in [0.3, 0.4) is 0 Å². The summed E-state index contributed by atoms with van der Waals surface area (Å²) in [6.07, 6.45) is 2.53. The predicted octanol–water partition coefficient (Wildman–Crippen LogP) is 2.00. The molecule has 6 heteroatoms. The number of methoxy groups -OCH3 is 1. The summed E-state index contributed by atoms with van der Waals surface area (Å²) in [6, 6.07) is 1.59. The van der Waals surface area contributed by atoms with Crippen LogP contribution in [0.5, 0.6) is 0 Å². The van der Waals surface area contributed by atoms with Gasteiger partial charge in [0.05, 0.1) is 13.2 Å². The van der Waals surface area contributed by atoms with Crippen molar-refractivity contribution in [2.45, 2.75) is 13.0 Å². The van der Waals surface area contributed by atoms with Crippen LogP contribution in [-0.2, 0) is 16.0 Å². The summed E-state index contributed by atoms with van der Waals surface area (Å²) in [5.74, 6) is -0.920. The predicted molar refractivity (Wildman–Crippen MR) is 66.4 cm³/mol. The lowest BCUT2D eigenvalue weighted by Crippen LogP contribution is -2.10. The van der Waals surface area contributed by atoms with E-state index in [1.165, 1.54) is 0 Å². The molecule has 17 heavy (non-hydrogen) atoms. The molecule has 0 fully saturated rings. The Hall–Kier alpha value is -0.850. The highest BCUT2D eigenvalue weighted by Gasteiger charge is 2.10. The summed E-state index contributed by atoms with van der Waals surface area (Å²) in [5.41, 5.74) is 0.286. The Balaban J connectivity index is 2.33. The normalized spacial score (nSPS) is 10.7. The Morgan fingerprint density at radius 3 is 2.88 bits per heavy atom. The zero-order valence-corrected chi connectivity index (χ0v) is 11.3. The van der Waals surface area contributed by atoms with Gasteiger partial charge in [-0.1, -0.05) is 0 Å². The number of carboxylic acids is 1. The second kappa shape index (κ2) is 7.47. The van der Waals surface area contributed by atoms with E-state index in [2.05, 4.69) is 15.9 Å². The zero-order chi connectivity index (χ0) is 12.7. The smallest absolute Gasteiger partial charge is 0.352 e. The number of aromatic nitrogens is 1. The molecule has 0 bridgehead atoms. The van der Waals surface area contributed by atoms with Crippen LogP contribution in [0.2, 0.25) is 0 Å². The van der Waals surface area contributed by atoms with Crippen molar-refractivity contribution in [2.24, 2.45) is 0 Å². The highest BCUT2D eigenvalue weighted by atomic mass is 79.9. The minimum atomic E-state index is -0.920. The van der Waals surface area contributed by atoms with Crippen LogP contribution >= 0.6 is 15.9 Å². The van der Waals surface area contributed by atoms with E-state index in [-0.39, 0.29) is 5.69 Å². The highest BCUT2D eigenvalue weighted by molar-refractivity contribution is 9.10. The summed E-state index contributed by atoms with van der Waals surface area (Å²) in [7, 11) is 1.62. The van der Waals surface area contributed by atoms with Crippen molar-refractivity contribution in [3.05, 3.63) is 22.4 Å². The first-order valence-electron chi connectivity index (χ1n) is 5.31. The van der Waals surface area contributed by atoms with Crippen LogP contribution in [0.1, 0.15) is 16.9 Å². The number of hydrogen-bond donors (Lipinski definition) is 1. The Morgan fingerprint density at radius 2 is 2.24 bits per heavy atom. The molecule has 0 saturated carbocycles. The number of aromatic carboxylic acids is 1. The molecule has 1 aromatic heterocycles. The van der Waals surface area contributed by atoms with Gasteiger partial charge in [-0.2, -0.15) is 0 Å². The van der Waals surface area contributed by atoms with Crippen LogP contribution in [0, 0.1) is 0 Å². The van der Waals surface area contributed by atoms with Crippen molar-refractivity contribution < 1.29 is 19.4 Å². The molecule has 0 unspecified atom stereocenters. The molecule has 0 amide bonds. The maximum atomic E-state index is 10.9. The fourth-order valence-corrected chi connectivity index (χ4v) is 1.88. The Bertz CT molecular complexity index is 364. The lowest BCUT2D eigenvalue weighted by molar-refractivity contribution is 0.0657. The van der Waals surface area contributed by atoms with E-state index in [0.29, 0.717) is 26.4 Å². The second-order valence-electron chi connectivity index (χ2n) is 3.50. The van der Waals surface area contributed by atoms with Crippen LogP contribution in [-0.4, -0.2) is 42.6 Å². The third-order valence-corrected chi connectivity index (χ3v) is 2.64. The van der Waals surface area contributed by atoms with Crippen molar-refractivity contribution in [3.8, 4) is 0 Å². The molecular formula is C11H16BrNO4. The van der Waals surface area contributed by atoms with E-state index in [1.54, 1.807) is 23.9 Å². The average Bonchev–Trinajstić information content (AvgIpc) is 2.65. The molecule has 0 aromatic carbocycles. The fourth-order valence-electron chi connectivity index (χ4n) is 1.42. The number of aryl methyl sites for hydroxylation is 1. The van der Waals surface area contributed by atoms with E-state index < -0.39 is 5.97 Å². The molecule has 0 saturated heterocycles. The van der Waals surface area contributed by atoms with E-state index in [4.69, 9.17) is 14.6 Å². The number of rotatable bonds is 8. The molecule has 0 aliphatic heterocycles. The third-order valence-electron chi connectivity index (χ3n) is 2.20. The maximum absolute atomic E-state index is 10.9. The Kier molecular flexibility index (Phi) is 6.25. The minimum Gasteiger partial charge on any atom is -0.477 e. The molecule has 0 radical (unpaired) electrons. The molecule has 1 rings (SSSR count). The summed E-state index contributed by atoms with van der Waals surface area (Å²) >= 11 is 3.26. The van der Waals surface area contributed by atoms with E-state index in [9.17, 15) is 4.79 Å². The summed E-state index contributed by atoms with van der Waals surface area (Å²) in [6.45, 7) is 2.37. The SMILES string of the molecule is COCCOCCCn1cc(Br)cc1C(=O)O. The van der Waals surface area contributed by atoms with Gasteiger partial charge in [0.15, 0.2) is 0 Å². The first-order valence-corrected chi connectivity index (χ1v) is 6.10. The standard InChI is InChI=1S/C11H16BrNO4/c1-16-5-6-17-4-2-3-13-8-9(12)7-10(13)11(14)15/h7-8H,2-6H2,1H3,(H,14,15). The Morgan fingerprint density at radius 1 is 1.47 bits per heavy atom. The molecule has 0 atom stereocenters. The van der Waals surface area contributed by atoms with Gasteiger partial charge in [-0.3, -0.25) is 0 Å². The van der Waals surface area contributed by atoms with Crippen LogP contribution in [0.25, 0.3) is 0 Å². The van der Waals surface area contributed by atoms with Crippen molar-refractivity contribution >= 4 is 21.9 Å². The monoisotopic (exact) mass is 305 g/mol. The largest absolute Gasteiger partial charge is 0.477 e. The van der Waals surface area contributed by atoms with Gasteiger partial charge in [0.25, 0.3) is 0 Å². The third kappa shape index (κ3) is 4.89. The quantitative estimate of drug-likeness (QED) is 0.746. The van der Waals surface area contributed by atoms with Gasteiger partial charge >= 0.3 is 5.97 Å². The second-order valence-corrected chi connectivity index (χ2v) is 4.42. The van der Waals surface area contributed by atoms with Crippen molar-refractivity contribution in [1.29, 1.82) is 0 Å².